The summed E-state index contributed by atoms with van der Waals surface area (Å²) in [6.45, 7) is 5.65. The molecule has 0 bridgehead atoms. The van der Waals surface area contributed by atoms with Gasteiger partial charge in [-0.1, -0.05) is 51.2 Å². The lowest BCUT2D eigenvalue weighted by atomic mass is 9.99. The van der Waals surface area contributed by atoms with E-state index in [1.165, 1.54) is 74.7 Å². The summed E-state index contributed by atoms with van der Waals surface area (Å²) < 4.78 is 0. The first kappa shape index (κ1) is 16.4. The van der Waals surface area contributed by atoms with E-state index in [1.807, 2.05) is 0 Å². The van der Waals surface area contributed by atoms with Crippen LogP contribution in [0.1, 0.15) is 63.0 Å². The van der Waals surface area contributed by atoms with Crippen LogP contribution < -0.4 is 10.2 Å². The maximum Gasteiger partial charge on any atom is 0.0396 e. The van der Waals surface area contributed by atoms with Crippen molar-refractivity contribution < 1.29 is 0 Å². The molecular weight excluding hydrogens is 256 g/mol. The summed E-state index contributed by atoms with van der Waals surface area (Å²) in [5, 5.41) is 3.60. The Morgan fingerprint density at radius 3 is 2.76 bits per heavy atom. The Kier molecular flexibility index (Phi) is 7.08. The molecular formula is C19H32N2. The van der Waals surface area contributed by atoms with Crippen LogP contribution >= 0.6 is 0 Å². The molecule has 0 saturated heterocycles. The Balaban J connectivity index is 1.65. The number of anilines is 1. The van der Waals surface area contributed by atoms with Gasteiger partial charge in [-0.15, -0.1) is 0 Å². The maximum atomic E-state index is 3.60. The predicted octanol–water partition coefficient (Wildman–Crippen LogP) is 4.52. The standard InChI is InChI=1S/C19H32N2/c1-3-4-5-6-7-8-13-20-16-17-11-12-19-18(15-17)10-9-14-21(19)2/h11-12,15,20H,3-10,13-14,16H2,1-2H3. The highest BCUT2D eigenvalue weighted by Gasteiger charge is 2.13. The number of fused-ring (bicyclic) bond motifs is 1. The Morgan fingerprint density at radius 1 is 1.10 bits per heavy atom. The van der Waals surface area contributed by atoms with Gasteiger partial charge in [0.05, 0.1) is 0 Å². The number of unbranched alkanes of at least 4 members (excludes halogenated alkanes) is 5. The molecule has 1 heterocycles. The Labute approximate surface area is 130 Å². The predicted molar refractivity (Wildman–Crippen MR) is 93.1 cm³/mol. The van der Waals surface area contributed by atoms with Crippen molar-refractivity contribution in [3.05, 3.63) is 29.3 Å². The normalized spacial score (nSPS) is 14.3. The molecule has 21 heavy (non-hydrogen) atoms. The first-order valence-corrected chi connectivity index (χ1v) is 8.85. The Bertz CT molecular complexity index is 414. The number of rotatable bonds is 9. The molecule has 1 aromatic carbocycles. The monoisotopic (exact) mass is 288 g/mol. The van der Waals surface area contributed by atoms with Gasteiger partial charge in [-0.25, -0.2) is 0 Å². The van der Waals surface area contributed by atoms with Crippen LogP contribution in [0.15, 0.2) is 18.2 Å². The molecule has 2 rings (SSSR count). The fraction of sp³-hybridized carbons (Fsp3) is 0.684. The first-order valence-electron chi connectivity index (χ1n) is 8.85. The zero-order valence-corrected chi connectivity index (χ0v) is 14.0. The smallest absolute Gasteiger partial charge is 0.0396 e. The number of aryl methyl sites for hydroxylation is 1. The molecule has 2 heteroatoms. The second-order valence-electron chi connectivity index (χ2n) is 6.43. The van der Waals surface area contributed by atoms with Crippen LogP contribution in [0.4, 0.5) is 5.69 Å². The van der Waals surface area contributed by atoms with E-state index in [0.717, 1.165) is 13.1 Å². The molecule has 0 fully saturated rings. The average Bonchev–Trinajstić information content (AvgIpc) is 2.50. The summed E-state index contributed by atoms with van der Waals surface area (Å²) in [6, 6.07) is 6.99. The lowest BCUT2D eigenvalue weighted by Crippen LogP contribution is -2.25. The molecule has 1 N–H and O–H groups in total. The highest BCUT2D eigenvalue weighted by atomic mass is 15.1. The fourth-order valence-electron chi connectivity index (χ4n) is 3.21. The molecule has 1 aliphatic heterocycles. The van der Waals surface area contributed by atoms with Crippen molar-refractivity contribution in [2.75, 3.05) is 25.0 Å². The third-order valence-corrected chi connectivity index (χ3v) is 4.53. The summed E-state index contributed by atoms with van der Waals surface area (Å²) in [5.74, 6) is 0. The molecule has 118 valence electrons. The SMILES string of the molecule is CCCCCCCCNCc1ccc2c(c1)CCCN2C. The van der Waals surface area contributed by atoms with E-state index in [0.29, 0.717) is 0 Å². The van der Waals surface area contributed by atoms with Crippen molar-refractivity contribution in [2.45, 2.75) is 64.8 Å². The summed E-state index contributed by atoms with van der Waals surface area (Å²) >= 11 is 0. The van der Waals surface area contributed by atoms with Gasteiger partial charge >= 0.3 is 0 Å². The molecule has 0 unspecified atom stereocenters. The summed E-state index contributed by atoms with van der Waals surface area (Å²) in [6.07, 6.45) is 10.8. The van der Waals surface area contributed by atoms with Crippen molar-refractivity contribution in [2.24, 2.45) is 0 Å². The second kappa shape index (κ2) is 9.09. The molecule has 1 aliphatic rings. The molecule has 1 aromatic rings. The first-order chi connectivity index (χ1) is 10.3. The van der Waals surface area contributed by atoms with Gasteiger partial charge in [-0.05, 0) is 43.0 Å². The van der Waals surface area contributed by atoms with Crippen molar-refractivity contribution in [3.63, 3.8) is 0 Å². The van der Waals surface area contributed by atoms with E-state index in [9.17, 15) is 0 Å². The van der Waals surface area contributed by atoms with E-state index in [-0.39, 0.29) is 0 Å². The summed E-state index contributed by atoms with van der Waals surface area (Å²) in [4.78, 5) is 2.38. The number of benzene rings is 1. The maximum absolute atomic E-state index is 3.60. The van der Waals surface area contributed by atoms with Gasteiger partial charge in [-0.2, -0.15) is 0 Å². The quantitative estimate of drug-likeness (QED) is 0.672. The van der Waals surface area contributed by atoms with Gasteiger partial charge in [-0.3, -0.25) is 0 Å². The molecule has 2 nitrogen and oxygen atoms in total. The van der Waals surface area contributed by atoms with Crippen LogP contribution in [-0.4, -0.2) is 20.1 Å². The zero-order chi connectivity index (χ0) is 14.9. The molecule has 0 atom stereocenters. The minimum Gasteiger partial charge on any atom is -0.374 e. The van der Waals surface area contributed by atoms with Crippen molar-refractivity contribution in [3.8, 4) is 0 Å². The van der Waals surface area contributed by atoms with E-state index in [4.69, 9.17) is 0 Å². The van der Waals surface area contributed by atoms with Gasteiger partial charge in [0.1, 0.15) is 0 Å². The third-order valence-electron chi connectivity index (χ3n) is 4.53. The Hall–Kier alpha value is -1.02. The van der Waals surface area contributed by atoms with Gasteiger partial charge in [0.15, 0.2) is 0 Å². The van der Waals surface area contributed by atoms with Crippen LogP contribution in [0.5, 0.6) is 0 Å². The van der Waals surface area contributed by atoms with Crippen LogP contribution in [-0.2, 0) is 13.0 Å². The number of nitrogens with one attached hydrogen (secondary N) is 1. The van der Waals surface area contributed by atoms with E-state index < -0.39 is 0 Å². The third kappa shape index (κ3) is 5.35. The minimum atomic E-state index is 1.02. The van der Waals surface area contributed by atoms with Gasteiger partial charge in [0.2, 0.25) is 0 Å². The van der Waals surface area contributed by atoms with Gasteiger partial charge in [0.25, 0.3) is 0 Å². The molecule has 0 saturated carbocycles. The van der Waals surface area contributed by atoms with Crippen LogP contribution in [0, 0.1) is 0 Å². The summed E-state index contributed by atoms with van der Waals surface area (Å²) in [5.41, 5.74) is 4.40. The number of nitrogens with zero attached hydrogens (tertiary/aromatic N) is 1. The molecule has 0 spiro atoms. The largest absolute Gasteiger partial charge is 0.374 e. The van der Waals surface area contributed by atoms with E-state index in [1.54, 1.807) is 0 Å². The fourth-order valence-corrected chi connectivity index (χ4v) is 3.21. The lowest BCUT2D eigenvalue weighted by Gasteiger charge is -2.27. The van der Waals surface area contributed by atoms with Crippen molar-refractivity contribution >= 4 is 5.69 Å². The number of hydrogen-bond acceptors (Lipinski definition) is 2. The van der Waals surface area contributed by atoms with Crippen LogP contribution in [0.25, 0.3) is 0 Å². The highest BCUT2D eigenvalue weighted by Crippen LogP contribution is 2.26. The molecule has 0 aliphatic carbocycles. The summed E-state index contributed by atoms with van der Waals surface area (Å²) in [7, 11) is 2.20. The number of hydrogen-bond donors (Lipinski definition) is 1. The van der Waals surface area contributed by atoms with Crippen LogP contribution in [0.3, 0.4) is 0 Å². The Morgan fingerprint density at radius 2 is 1.90 bits per heavy atom. The second-order valence-corrected chi connectivity index (χ2v) is 6.43. The highest BCUT2D eigenvalue weighted by molar-refractivity contribution is 5.56. The lowest BCUT2D eigenvalue weighted by molar-refractivity contribution is 0.572. The van der Waals surface area contributed by atoms with Crippen molar-refractivity contribution in [1.29, 1.82) is 0 Å². The van der Waals surface area contributed by atoms with Crippen molar-refractivity contribution in [1.82, 2.24) is 5.32 Å². The average molecular weight is 288 g/mol. The molecule has 0 amide bonds. The van der Waals surface area contributed by atoms with Crippen LogP contribution in [0.2, 0.25) is 0 Å². The zero-order valence-electron chi connectivity index (χ0n) is 14.0. The van der Waals surface area contributed by atoms with E-state index in [2.05, 4.69) is 42.4 Å². The van der Waals surface area contributed by atoms with E-state index >= 15 is 0 Å². The van der Waals surface area contributed by atoms with Gasteiger partial charge < -0.3 is 10.2 Å². The minimum absolute atomic E-state index is 1.02. The molecule has 0 aromatic heterocycles. The van der Waals surface area contributed by atoms with Gasteiger partial charge in [0, 0.05) is 25.8 Å². The topological polar surface area (TPSA) is 15.3 Å². The molecule has 0 radical (unpaired) electrons.